The summed E-state index contributed by atoms with van der Waals surface area (Å²) in [5, 5.41) is 3.16. The maximum Gasteiger partial charge on any atom is 0.254 e. The molecular weight excluding hydrogens is 356 g/mol. The van der Waals surface area contributed by atoms with Gasteiger partial charge in [-0.05, 0) is 23.8 Å². The summed E-state index contributed by atoms with van der Waals surface area (Å²) in [7, 11) is 3.12. The van der Waals surface area contributed by atoms with Gasteiger partial charge in [0.1, 0.15) is 6.04 Å². The van der Waals surface area contributed by atoms with Crippen LogP contribution in [0.3, 0.4) is 0 Å². The second-order valence-electron chi connectivity index (χ2n) is 5.92. The first-order valence-electron chi connectivity index (χ1n) is 8.04. The van der Waals surface area contributed by atoms with Gasteiger partial charge in [0.15, 0.2) is 11.5 Å². The zero-order chi connectivity index (χ0) is 18.8. The average Bonchev–Trinajstić information content (AvgIpc) is 2.88. The molecule has 1 aliphatic rings. The van der Waals surface area contributed by atoms with Gasteiger partial charge < -0.3 is 19.7 Å². The molecule has 0 aromatic heterocycles. The molecule has 7 heteroatoms. The molecule has 1 aliphatic heterocycles. The highest BCUT2D eigenvalue weighted by Gasteiger charge is 2.39. The lowest BCUT2D eigenvalue weighted by Gasteiger charge is -2.20. The molecule has 0 saturated heterocycles. The molecule has 1 N–H and O–H groups in total. The monoisotopic (exact) mass is 374 g/mol. The summed E-state index contributed by atoms with van der Waals surface area (Å²) in [5.74, 6) is 0.688. The van der Waals surface area contributed by atoms with E-state index in [9.17, 15) is 9.59 Å². The number of carbonyl (C=O) groups is 2. The lowest BCUT2D eigenvalue weighted by atomic mass is 10.1. The maximum atomic E-state index is 12.9. The molecule has 1 heterocycles. The quantitative estimate of drug-likeness (QED) is 0.873. The van der Waals surface area contributed by atoms with Crippen molar-refractivity contribution in [2.24, 2.45) is 0 Å². The van der Waals surface area contributed by atoms with Gasteiger partial charge in [-0.1, -0.05) is 29.8 Å². The molecule has 0 aliphatic carbocycles. The van der Waals surface area contributed by atoms with Crippen LogP contribution in [0.2, 0.25) is 5.02 Å². The van der Waals surface area contributed by atoms with E-state index in [1.807, 2.05) is 12.1 Å². The fraction of sp³-hybridized carbons (Fsp3) is 0.263. The zero-order valence-electron chi connectivity index (χ0n) is 14.7. The molecule has 2 amide bonds. The number of methoxy groups -OCH3 is 2. The Kier molecular flexibility index (Phi) is 5.04. The topological polar surface area (TPSA) is 67.9 Å². The molecule has 136 valence electrons. The van der Waals surface area contributed by atoms with Crippen molar-refractivity contribution < 1.29 is 19.1 Å². The van der Waals surface area contributed by atoms with E-state index in [4.69, 9.17) is 21.1 Å². The first kappa shape index (κ1) is 18.1. The number of halogens is 1. The Labute approximate surface area is 156 Å². The fourth-order valence-corrected chi connectivity index (χ4v) is 3.39. The van der Waals surface area contributed by atoms with Crippen LogP contribution in [0.1, 0.15) is 24.1 Å². The van der Waals surface area contributed by atoms with Gasteiger partial charge in [-0.2, -0.15) is 0 Å². The lowest BCUT2D eigenvalue weighted by molar-refractivity contribution is -0.126. The number of para-hydroxylation sites is 1. The van der Waals surface area contributed by atoms with Crippen LogP contribution in [-0.2, 0) is 16.1 Å². The Balaban J connectivity index is 1.98. The van der Waals surface area contributed by atoms with Crippen LogP contribution < -0.4 is 19.7 Å². The van der Waals surface area contributed by atoms with Crippen LogP contribution in [0.5, 0.6) is 11.5 Å². The molecular formula is C19H19ClN2O4. The molecule has 3 rings (SSSR count). The van der Waals surface area contributed by atoms with Crippen LogP contribution in [-0.4, -0.2) is 26.0 Å². The van der Waals surface area contributed by atoms with Crippen molar-refractivity contribution in [2.45, 2.75) is 19.5 Å². The van der Waals surface area contributed by atoms with Crippen molar-refractivity contribution in [3.63, 3.8) is 0 Å². The number of carbonyl (C=O) groups excluding carboxylic acids is 2. The van der Waals surface area contributed by atoms with Crippen molar-refractivity contribution in [3.8, 4) is 11.5 Å². The minimum atomic E-state index is -0.735. The highest BCUT2D eigenvalue weighted by atomic mass is 35.5. The molecule has 0 spiro atoms. The highest BCUT2D eigenvalue weighted by molar-refractivity contribution is 6.34. The van der Waals surface area contributed by atoms with Crippen LogP contribution in [0.25, 0.3) is 0 Å². The number of nitrogens with one attached hydrogen (secondary N) is 1. The highest BCUT2D eigenvalue weighted by Crippen LogP contribution is 2.42. The summed E-state index contributed by atoms with van der Waals surface area (Å²) in [6.07, 6.45) is 0. The normalized spacial score (nSPS) is 15.6. The van der Waals surface area contributed by atoms with E-state index in [2.05, 4.69) is 5.32 Å². The molecule has 1 atom stereocenters. The van der Waals surface area contributed by atoms with Gasteiger partial charge in [0.2, 0.25) is 5.91 Å². The first-order chi connectivity index (χ1) is 12.5. The Morgan fingerprint density at radius 2 is 1.92 bits per heavy atom. The molecule has 0 fully saturated rings. The number of benzene rings is 2. The Hall–Kier alpha value is -2.73. The second-order valence-corrected chi connectivity index (χ2v) is 6.33. The van der Waals surface area contributed by atoms with Gasteiger partial charge in [-0.15, -0.1) is 0 Å². The van der Waals surface area contributed by atoms with E-state index in [-0.39, 0.29) is 11.8 Å². The van der Waals surface area contributed by atoms with Gasteiger partial charge in [-0.25, -0.2) is 0 Å². The van der Waals surface area contributed by atoms with Gasteiger partial charge in [0.05, 0.1) is 31.5 Å². The molecule has 0 saturated carbocycles. The smallest absolute Gasteiger partial charge is 0.254 e. The Morgan fingerprint density at radius 1 is 1.19 bits per heavy atom. The van der Waals surface area contributed by atoms with E-state index in [0.717, 1.165) is 5.56 Å². The third kappa shape index (κ3) is 3.20. The fourth-order valence-electron chi connectivity index (χ4n) is 3.11. The number of ether oxygens (including phenoxy) is 2. The van der Waals surface area contributed by atoms with Gasteiger partial charge in [-0.3, -0.25) is 9.59 Å². The van der Waals surface area contributed by atoms with Gasteiger partial charge >= 0.3 is 0 Å². The van der Waals surface area contributed by atoms with Gasteiger partial charge in [0, 0.05) is 12.5 Å². The molecule has 6 nitrogen and oxygen atoms in total. The first-order valence-corrected chi connectivity index (χ1v) is 8.42. The van der Waals surface area contributed by atoms with Crippen LogP contribution in [0.4, 0.5) is 5.69 Å². The maximum absolute atomic E-state index is 12.9. The van der Waals surface area contributed by atoms with Crippen LogP contribution in [0.15, 0.2) is 36.4 Å². The van der Waals surface area contributed by atoms with Crippen molar-refractivity contribution in [1.82, 2.24) is 5.32 Å². The third-order valence-electron chi connectivity index (χ3n) is 4.25. The summed E-state index contributed by atoms with van der Waals surface area (Å²) in [5.41, 5.74) is 2.16. The third-order valence-corrected chi connectivity index (χ3v) is 4.55. The number of hydrogen-bond donors (Lipinski definition) is 1. The van der Waals surface area contributed by atoms with E-state index >= 15 is 0 Å². The number of hydrogen-bond acceptors (Lipinski definition) is 4. The standard InChI is InChI=1S/C19H19ClN2O4/c1-11(23)21-17-13-5-4-6-14(20)18(13)22(19(17)24)10-12-7-8-15(25-2)16(9-12)26-3/h4-9,17H,10H2,1-3H3,(H,21,23)/t17-/m1/s1. The van der Waals surface area contributed by atoms with Crippen molar-refractivity contribution in [2.75, 3.05) is 19.1 Å². The predicted molar refractivity (Wildman–Crippen MR) is 98.7 cm³/mol. The SMILES string of the molecule is COc1ccc(CN2C(=O)[C@H](NC(C)=O)c3cccc(Cl)c32)cc1OC. The van der Waals surface area contributed by atoms with Crippen LogP contribution in [0, 0.1) is 0 Å². The summed E-state index contributed by atoms with van der Waals surface area (Å²) < 4.78 is 10.6. The van der Waals surface area contributed by atoms with Crippen molar-refractivity contribution in [3.05, 3.63) is 52.5 Å². The molecule has 2 aromatic carbocycles. The second kappa shape index (κ2) is 7.25. The summed E-state index contributed by atoms with van der Waals surface area (Å²) in [4.78, 5) is 26.0. The lowest BCUT2D eigenvalue weighted by Crippen LogP contribution is -2.36. The minimum Gasteiger partial charge on any atom is -0.493 e. The Bertz CT molecular complexity index is 869. The average molecular weight is 375 g/mol. The number of fused-ring (bicyclic) bond motifs is 1. The predicted octanol–water partition coefficient (Wildman–Crippen LogP) is 3.08. The number of anilines is 1. The van der Waals surface area contributed by atoms with E-state index < -0.39 is 6.04 Å². The summed E-state index contributed by atoms with van der Waals surface area (Å²) in [6.45, 7) is 1.68. The number of amides is 2. The van der Waals surface area contributed by atoms with Crippen molar-refractivity contribution in [1.29, 1.82) is 0 Å². The zero-order valence-corrected chi connectivity index (χ0v) is 15.5. The number of rotatable bonds is 5. The summed E-state index contributed by atoms with van der Waals surface area (Å²) >= 11 is 6.35. The molecule has 0 bridgehead atoms. The molecule has 0 radical (unpaired) electrons. The van der Waals surface area contributed by atoms with Crippen molar-refractivity contribution >= 4 is 29.1 Å². The summed E-state index contributed by atoms with van der Waals surface area (Å²) in [6, 6.07) is 10.0. The van der Waals surface area contributed by atoms with E-state index in [0.29, 0.717) is 34.3 Å². The van der Waals surface area contributed by atoms with Crippen LogP contribution >= 0.6 is 11.6 Å². The van der Waals surface area contributed by atoms with Gasteiger partial charge in [0.25, 0.3) is 5.91 Å². The molecule has 26 heavy (non-hydrogen) atoms. The molecule has 0 unspecified atom stereocenters. The van der Waals surface area contributed by atoms with E-state index in [1.54, 1.807) is 43.4 Å². The Morgan fingerprint density at radius 3 is 2.58 bits per heavy atom. The molecule has 2 aromatic rings. The number of nitrogens with zero attached hydrogens (tertiary/aromatic N) is 1. The van der Waals surface area contributed by atoms with E-state index in [1.165, 1.54) is 6.92 Å². The minimum absolute atomic E-state index is 0.224. The largest absolute Gasteiger partial charge is 0.493 e.